The lowest BCUT2D eigenvalue weighted by Crippen LogP contribution is -2.23. The fourth-order valence-electron chi connectivity index (χ4n) is 2.81. The molecular weight excluding hydrogens is 246 g/mol. The first-order valence-electron chi connectivity index (χ1n) is 7.52. The lowest BCUT2D eigenvalue weighted by molar-refractivity contribution is 0.415. The molecule has 1 N–H and O–H groups in total. The first-order valence-corrected chi connectivity index (χ1v) is 7.52. The molecule has 0 radical (unpaired) electrons. The highest BCUT2D eigenvalue weighted by atomic mass is 16.5. The lowest BCUT2D eigenvalue weighted by atomic mass is 10.0. The molecule has 0 saturated heterocycles. The molecule has 2 aromatic rings. The minimum absolute atomic E-state index is 0.615. The second-order valence-corrected chi connectivity index (χ2v) is 6.00. The average Bonchev–Trinajstić information content (AvgIpc) is 3.27. The molecule has 0 atom stereocenters. The molecule has 2 nitrogen and oxygen atoms in total. The summed E-state index contributed by atoms with van der Waals surface area (Å²) >= 11 is 0. The van der Waals surface area contributed by atoms with Gasteiger partial charge in [0.15, 0.2) is 0 Å². The summed E-state index contributed by atoms with van der Waals surface area (Å²) in [6.07, 6.45) is 4.10. The van der Waals surface area contributed by atoms with Gasteiger partial charge in [-0.2, -0.15) is 0 Å². The van der Waals surface area contributed by atoms with E-state index in [2.05, 4.69) is 42.6 Å². The van der Waals surface area contributed by atoms with Crippen LogP contribution in [-0.2, 0) is 6.54 Å². The second kappa shape index (κ2) is 5.45. The standard InChI is InChI=1S/C18H23NO/c1-3-18(8-9-18)13-19-12-14-4-5-16-11-17(20-2)7-6-15(16)10-14/h4-7,10-11,19H,3,8-9,12-13H2,1-2H3. The van der Waals surface area contributed by atoms with E-state index < -0.39 is 0 Å². The van der Waals surface area contributed by atoms with E-state index in [0.29, 0.717) is 5.41 Å². The van der Waals surface area contributed by atoms with Gasteiger partial charge in [0.25, 0.3) is 0 Å². The van der Waals surface area contributed by atoms with Crippen molar-refractivity contribution < 1.29 is 4.74 Å². The van der Waals surface area contributed by atoms with E-state index in [1.54, 1.807) is 7.11 Å². The third-order valence-electron chi connectivity index (χ3n) is 4.65. The molecule has 106 valence electrons. The van der Waals surface area contributed by atoms with Crippen LogP contribution in [0.4, 0.5) is 0 Å². The van der Waals surface area contributed by atoms with Crippen molar-refractivity contribution in [3.63, 3.8) is 0 Å². The fraction of sp³-hybridized carbons (Fsp3) is 0.444. The van der Waals surface area contributed by atoms with E-state index in [9.17, 15) is 0 Å². The highest BCUT2D eigenvalue weighted by Gasteiger charge is 2.39. The summed E-state index contributed by atoms with van der Waals surface area (Å²) in [5.74, 6) is 0.919. The molecule has 3 rings (SSSR count). The quantitative estimate of drug-likeness (QED) is 0.851. The first kappa shape index (κ1) is 13.4. The zero-order chi connectivity index (χ0) is 14.0. The van der Waals surface area contributed by atoms with E-state index in [0.717, 1.165) is 18.8 Å². The third kappa shape index (κ3) is 2.80. The number of hydrogen-bond acceptors (Lipinski definition) is 2. The highest BCUT2D eigenvalue weighted by Crippen LogP contribution is 2.47. The van der Waals surface area contributed by atoms with Crippen molar-refractivity contribution in [2.45, 2.75) is 32.7 Å². The number of benzene rings is 2. The molecule has 1 fully saturated rings. The maximum atomic E-state index is 5.26. The Morgan fingerprint density at radius 3 is 2.55 bits per heavy atom. The van der Waals surface area contributed by atoms with Crippen LogP contribution in [0.15, 0.2) is 36.4 Å². The van der Waals surface area contributed by atoms with E-state index in [1.165, 1.54) is 35.6 Å². The van der Waals surface area contributed by atoms with Crippen molar-refractivity contribution >= 4 is 10.8 Å². The molecular formula is C18H23NO. The zero-order valence-electron chi connectivity index (χ0n) is 12.4. The fourth-order valence-corrected chi connectivity index (χ4v) is 2.81. The summed E-state index contributed by atoms with van der Waals surface area (Å²) in [5.41, 5.74) is 1.97. The maximum Gasteiger partial charge on any atom is 0.119 e. The van der Waals surface area contributed by atoms with Crippen molar-refractivity contribution in [3.8, 4) is 5.75 Å². The number of hydrogen-bond donors (Lipinski definition) is 1. The van der Waals surface area contributed by atoms with Gasteiger partial charge in [-0.1, -0.05) is 25.1 Å². The summed E-state index contributed by atoms with van der Waals surface area (Å²) in [7, 11) is 1.71. The Hall–Kier alpha value is -1.54. The van der Waals surface area contributed by atoms with Gasteiger partial charge >= 0.3 is 0 Å². The molecule has 20 heavy (non-hydrogen) atoms. The highest BCUT2D eigenvalue weighted by molar-refractivity contribution is 5.84. The minimum Gasteiger partial charge on any atom is -0.497 e. The van der Waals surface area contributed by atoms with Crippen LogP contribution >= 0.6 is 0 Å². The Morgan fingerprint density at radius 2 is 1.85 bits per heavy atom. The van der Waals surface area contributed by atoms with E-state index >= 15 is 0 Å². The van der Waals surface area contributed by atoms with Crippen LogP contribution in [0.3, 0.4) is 0 Å². The van der Waals surface area contributed by atoms with Crippen LogP contribution in [-0.4, -0.2) is 13.7 Å². The van der Waals surface area contributed by atoms with E-state index in [1.807, 2.05) is 6.07 Å². The predicted molar refractivity (Wildman–Crippen MR) is 84.2 cm³/mol. The number of ether oxygens (including phenoxy) is 1. The Labute approximate surface area is 121 Å². The predicted octanol–water partition coefficient (Wildman–Crippen LogP) is 4.13. The van der Waals surface area contributed by atoms with Gasteiger partial charge in [-0.3, -0.25) is 0 Å². The van der Waals surface area contributed by atoms with Crippen molar-refractivity contribution in [1.82, 2.24) is 5.32 Å². The number of methoxy groups -OCH3 is 1. The van der Waals surface area contributed by atoms with Crippen LogP contribution < -0.4 is 10.1 Å². The molecule has 0 aliphatic heterocycles. The van der Waals surface area contributed by atoms with Gasteiger partial charge in [0.2, 0.25) is 0 Å². The van der Waals surface area contributed by atoms with Crippen LogP contribution in [0.5, 0.6) is 5.75 Å². The Balaban J connectivity index is 1.66. The number of rotatable bonds is 6. The van der Waals surface area contributed by atoms with Gasteiger partial charge in [0.05, 0.1) is 7.11 Å². The molecule has 0 unspecified atom stereocenters. The normalized spacial score (nSPS) is 16.3. The van der Waals surface area contributed by atoms with Crippen molar-refractivity contribution in [3.05, 3.63) is 42.0 Å². The minimum atomic E-state index is 0.615. The molecule has 0 heterocycles. The smallest absolute Gasteiger partial charge is 0.119 e. The molecule has 0 amide bonds. The van der Waals surface area contributed by atoms with Crippen LogP contribution in [0.25, 0.3) is 10.8 Å². The zero-order valence-corrected chi connectivity index (χ0v) is 12.4. The Morgan fingerprint density at radius 1 is 1.10 bits per heavy atom. The van der Waals surface area contributed by atoms with Crippen LogP contribution in [0.1, 0.15) is 31.7 Å². The number of fused-ring (bicyclic) bond motifs is 1. The first-order chi connectivity index (χ1) is 9.74. The van der Waals surface area contributed by atoms with Crippen molar-refractivity contribution in [2.75, 3.05) is 13.7 Å². The van der Waals surface area contributed by atoms with Gasteiger partial charge in [0, 0.05) is 13.1 Å². The Kier molecular flexibility index (Phi) is 3.66. The molecule has 1 saturated carbocycles. The topological polar surface area (TPSA) is 21.3 Å². The molecule has 0 bridgehead atoms. The van der Waals surface area contributed by atoms with E-state index in [-0.39, 0.29) is 0 Å². The van der Waals surface area contributed by atoms with E-state index in [4.69, 9.17) is 4.74 Å². The summed E-state index contributed by atoms with van der Waals surface area (Å²) in [4.78, 5) is 0. The summed E-state index contributed by atoms with van der Waals surface area (Å²) in [6.45, 7) is 4.42. The number of nitrogens with one attached hydrogen (secondary N) is 1. The van der Waals surface area contributed by atoms with Gasteiger partial charge in [-0.25, -0.2) is 0 Å². The SMILES string of the molecule is CCC1(CNCc2ccc3cc(OC)ccc3c2)CC1. The molecule has 2 aromatic carbocycles. The van der Waals surface area contributed by atoms with Crippen LogP contribution in [0.2, 0.25) is 0 Å². The summed E-state index contributed by atoms with van der Waals surface area (Å²) < 4.78 is 5.26. The maximum absolute atomic E-state index is 5.26. The average molecular weight is 269 g/mol. The molecule has 1 aliphatic rings. The third-order valence-corrected chi connectivity index (χ3v) is 4.65. The lowest BCUT2D eigenvalue weighted by Gasteiger charge is -2.13. The van der Waals surface area contributed by atoms with Gasteiger partial charge in [0.1, 0.15) is 5.75 Å². The van der Waals surface area contributed by atoms with Gasteiger partial charge < -0.3 is 10.1 Å². The van der Waals surface area contributed by atoms with Gasteiger partial charge in [-0.05, 0) is 59.2 Å². The molecule has 0 aromatic heterocycles. The molecule has 1 aliphatic carbocycles. The summed E-state index contributed by atoms with van der Waals surface area (Å²) in [5, 5.41) is 6.13. The Bertz CT molecular complexity index is 601. The molecule has 2 heteroatoms. The van der Waals surface area contributed by atoms with Gasteiger partial charge in [-0.15, -0.1) is 0 Å². The van der Waals surface area contributed by atoms with Crippen molar-refractivity contribution in [1.29, 1.82) is 0 Å². The monoisotopic (exact) mass is 269 g/mol. The second-order valence-electron chi connectivity index (χ2n) is 6.00. The molecule has 0 spiro atoms. The largest absolute Gasteiger partial charge is 0.497 e. The summed E-state index contributed by atoms with van der Waals surface area (Å²) in [6, 6.07) is 12.9. The van der Waals surface area contributed by atoms with Crippen molar-refractivity contribution in [2.24, 2.45) is 5.41 Å². The van der Waals surface area contributed by atoms with Crippen LogP contribution in [0, 0.1) is 5.41 Å².